The van der Waals surface area contributed by atoms with Crippen molar-refractivity contribution in [3.8, 4) is 0 Å². The van der Waals surface area contributed by atoms with E-state index in [0.717, 1.165) is 5.92 Å². The molecule has 1 spiro atoms. The first kappa shape index (κ1) is 7.60. The minimum atomic E-state index is 0.595. The highest BCUT2D eigenvalue weighted by Crippen LogP contribution is 2.37. The molecule has 1 heteroatoms. The van der Waals surface area contributed by atoms with Crippen LogP contribution < -0.4 is 5.32 Å². The number of rotatable bonds is 0. The normalized spacial score (nSPS) is 36.3. The molecule has 0 amide bonds. The second-order valence-electron chi connectivity index (χ2n) is 4.51. The molecule has 1 atom stereocenters. The van der Waals surface area contributed by atoms with Crippen LogP contribution in [0.5, 0.6) is 0 Å². The Kier molecular flexibility index (Phi) is 1.92. The molecule has 1 saturated carbocycles. The maximum atomic E-state index is 3.72. The lowest BCUT2D eigenvalue weighted by Gasteiger charge is -2.38. The van der Waals surface area contributed by atoms with E-state index >= 15 is 0 Å². The van der Waals surface area contributed by atoms with Crippen LogP contribution >= 0.6 is 0 Å². The predicted molar refractivity (Wildman–Crippen MR) is 47.6 cm³/mol. The van der Waals surface area contributed by atoms with Gasteiger partial charge in [0.15, 0.2) is 0 Å². The second-order valence-corrected chi connectivity index (χ2v) is 4.51. The van der Waals surface area contributed by atoms with E-state index in [0.29, 0.717) is 5.54 Å². The monoisotopic (exact) mass is 153 g/mol. The first-order valence-corrected chi connectivity index (χ1v) is 5.06. The van der Waals surface area contributed by atoms with Gasteiger partial charge in [0.1, 0.15) is 0 Å². The molecule has 2 aliphatic rings. The first-order chi connectivity index (χ1) is 5.31. The van der Waals surface area contributed by atoms with Crippen molar-refractivity contribution in [1.29, 1.82) is 0 Å². The van der Waals surface area contributed by atoms with Gasteiger partial charge in [-0.05, 0) is 38.1 Å². The molecule has 1 aliphatic carbocycles. The third-order valence-electron chi connectivity index (χ3n) is 3.44. The summed E-state index contributed by atoms with van der Waals surface area (Å²) in [6.45, 7) is 3.67. The van der Waals surface area contributed by atoms with Gasteiger partial charge in [-0.1, -0.05) is 19.8 Å². The molecule has 2 rings (SSSR count). The Bertz CT molecular complexity index is 136. The Morgan fingerprint density at radius 1 is 1.27 bits per heavy atom. The molecular formula is C10H19N. The van der Waals surface area contributed by atoms with Crippen molar-refractivity contribution in [3.05, 3.63) is 0 Å². The Labute approximate surface area is 69.6 Å². The fourth-order valence-electron chi connectivity index (χ4n) is 2.86. The number of hydrogen-bond donors (Lipinski definition) is 1. The van der Waals surface area contributed by atoms with E-state index in [-0.39, 0.29) is 0 Å². The van der Waals surface area contributed by atoms with E-state index in [4.69, 9.17) is 0 Å². The van der Waals surface area contributed by atoms with Gasteiger partial charge >= 0.3 is 0 Å². The number of piperidine rings is 1. The summed E-state index contributed by atoms with van der Waals surface area (Å²) in [5.74, 6) is 0.967. The lowest BCUT2D eigenvalue weighted by atomic mass is 9.82. The maximum Gasteiger partial charge on any atom is 0.0184 e. The highest BCUT2D eigenvalue weighted by Gasteiger charge is 2.36. The van der Waals surface area contributed by atoms with Gasteiger partial charge in [0.25, 0.3) is 0 Å². The SMILES string of the molecule is CC1CCNC2(CCCC2)C1. The molecule has 1 nitrogen and oxygen atoms in total. The third kappa shape index (κ3) is 1.44. The van der Waals surface area contributed by atoms with Crippen LogP contribution in [-0.2, 0) is 0 Å². The van der Waals surface area contributed by atoms with Crippen LogP contribution in [0.1, 0.15) is 45.4 Å². The van der Waals surface area contributed by atoms with Gasteiger partial charge in [0.05, 0.1) is 0 Å². The van der Waals surface area contributed by atoms with Crippen LogP contribution in [0.2, 0.25) is 0 Å². The molecular weight excluding hydrogens is 134 g/mol. The first-order valence-electron chi connectivity index (χ1n) is 5.06. The van der Waals surface area contributed by atoms with E-state index in [1.165, 1.54) is 45.1 Å². The average Bonchev–Trinajstić information content (AvgIpc) is 2.37. The van der Waals surface area contributed by atoms with Crippen LogP contribution in [0.15, 0.2) is 0 Å². The molecule has 1 N–H and O–H groups in total. The number of hydrogen-bond acceptors (Lipinski definition) is 1. The summed E-state index contributed by atoms with van der Waals surface area (Å²) < 4.78 is 0. The molecule has 0 bridgehead atoms. The maximum absolute atomic E-state index is 3.72. The van der Waals surface area contributed by atoms with Crippen molar-refractivity contribution < 1.29 is 0 Å². The van der Waals surface area contributed by atoms with Crippen molar-refractivity contribution in [3.63, 3.8) is 0 Å². The quantitative estimate of drug-likeness (QED) is 0.563. The van der Waals surface area contributed by atoms with Gasteiger partial charge in [0.2, 0.25) is 0 Å². The topological polar surface area (TPSA) is 12.0 Å². The van der Waals surface area contributed by atoms with E-state index in [2.05, 4.69) is 12.2 Å². The summed E-state index contributed by atoms with van der Waals surface area (Å²) in [7, 11) is 0. The second kappa shape index (κ2) is 2.78. The van der Waals surface area contributed by atoms with Crippen molar-refractivity contribution in [2.24, 2.45) is 5.92 Å². The Balaban J connectivity index is 2.00. The average molecular weight is 153 g/mol. The van der Waals surface area contributed by atoms with Gasteiger partial charge in [-0.15, -0.1) is 0 Å². The molecule has 1 heterocycles. The van der Waals surface area contributed by atoms with E-state index < -0.39 is 0 Å². The van der Waals surface area contributed by atoms with E-state index in [1.807, 2.05) is 0 Å². The van der Waals surface area contributed by atoms with Crippen LogP contribution in [-0.4, -0.2) is 12.1 Å². The zero-order valence-corrected chi connectivity index (χ0v) is 7.53. The molecule has 1 unspecified atom stereocenters. The van der Waals surface area contributed by atoms with Gasteiger partial charge in [-0.3, -0.25) is 0 Å². The molecule has 11 heavy (non-hydrogen) atoms. The minimum Gasteiger partial charge on any atom is -0.311 e. The Morgan fingerprint density at radius 3 is 2.64 bits per heavy atom. The molecule has 0 aromatic carbocycles. The molecule has 0 aromatic heterocycles. The van der Waals surface area contributed by atoms with Crippen molar-refractivity contribution in [1.82, 2.24) is 5.32 Å². The zero-order chi connectivity index (χ0) is 7.73. The molecule has 1 aliphatic heterocycles. The molecule has 0 radical (unpaired) electrons. The Morgan fingerprint density at radius 2 is 2.00 bits per heavy atom. The summed E-state index contributed by atoms with van der Waals surface area (Å²) in [5, 5.41) is 3.72. The van der Waals surface area contributed by atoms with Gasteiger partial charge in [-0.2, -0.15) is 0 Å². The van der Waals surface area contributed by atoms with E-state index in [9.17, 15) is 0 Å². The largest absolute Gasteiger partial charge is 0.311 e. The smallest absolute Gasteiger partial charge is 0.0184 e. The fourth-order valence-corrected chi connectivity index (χ4v) is 2.86. The van der Waals surface area contributed by atoms with Crippen molar-refractivity contribution in [2.75, 3.05) is 6.54 Å². The van der Waals surface area contributed by atoms with Crippen molar-refractivity contribution >= 4 is 0 Å². The highest BCUT2D eigenvalue weighted by molar-refractivity contribution is 4.96. The van der Waals surface area contributed by atoms with Crippen LogP contribution in [0.25, 0.3) is 0 Å². The van der Waals surface area contributed by atoms with Gasteiger partial charge < -0.3 is 5.32 Å². The lowest BCUT2D eigenvalue weighted by Crippen LogP contribution is -2.48. The summed E-state index contributed by atoms with van der Waals surface area (Å²) in [5.41, 5.74) is 0.595. The summed E-state index contributed by atoms with van der Waals surface area (Å²) >= 11 is 0. The van der Waals surface area contributed by atoms with Gasteiger partial charge in [0, 0.05) is 5.54 Å². The van der Waals surface area contributed by atoms with Crippen molar-refractivity contribution in [2.45, 2.75) is 51.0 Å². The van der Waals surface area contributed by atoms with Crippen LogP contribution in [0, 0.1) is 5.92 Å². The van der Waals surface area contributed by atoms with Crippen LogP contribution in [0.4, 0.5) is 0 Å². The van der Waals surface area contributed by atoms with Crippen LogP contribution in [0.3, 0.4) is 0 Å². The molecule has 64 valence electrons. The molecule has 0 aromatic rings. The Hall–Kier alpha value is -0.0400. The summed E-state index contributed by atoms with van der Waals surface area (Å²) in [4.78, 5) is 0. The molecule has 2 fully saturated rings. The van der Waals surface area contributed by atoms with E-state index in [1.54, 1.807) is 0 Å². The molecule has 1 saturated heterocycles. The number of nitrogens with one attached hydrogen (secondary N) is 1. The minimum absolute atomic E-state index is 0.595. The predicted octanol–water partition coefficient (Wildman–Crippen LogP) is 2.32. The van der Waals surface area contributed by atoms with Gasteiger partial charge in [-0.25, -0.2) is 0 Å². The highest BCUT2D eigenvalue weighted by atomic mass is 15.0. The summed E-state index contributed by atoms with van der Waals surface area (Å²) in [6, 6.07) is 0. The summed E-state index contributed by atoms with van der Waals surface area (Å²) in [6.07, 6.45) is 8.63. The third-order valence-corrected chi connectivity index (χ3v) is 3.44. The standard InChI is InChI=1S/C10H19N/c1-9-4-7-11-10(8-9)5-2-3-6-10/h9,11H,2-8H2,1H3. The lowest BCUT2D eigenvalue weighted by molar-refractivity contribution is 0.209. The fraction of sp³-hybridized carbons (Fsp3) is 1.00. The zero-order valence-electron chi connectivity index (χ0n) is 7.53.